The average Bonchev–Trinajstić information content (AvgIpc) is 2.77. The molecule has 180 valence electrons. The first-order chi connectivity index (χ1) is 15.5. The molecule has 0 aromatic heterocycles. The number of esters is 1. The molecule has 0 amide bonds. The third kappa shape index (κ3) is 4.99. The van der Waals surface area contributed by atoms with Crippen LogP contribution in [-0.4, -0.2) is 55.8 Å². The molecule has 1 aliphatic rings. The van der Waals surface area contributed by atoms with E-state index in [1.54, 1.807) is 30.3 Å². The number of morpholine rings is 1. The van der Waals surface area contributed by atoms with Crippen molar-refractivity contribution in [1.29, 1.82) is 0 Å². The van der Waals surface area contributed by atoms with E-state index in [1.165, 1.54) is 18.2 Å². The van der Waals surface area contributed by atoms with Crippen LogP contribution in [0.3, 0.4) is 0 Å². The number of benzene rings is 2. The first-order valence-electron chi connectivity index (χ1n) is 9.81. The second-order valence-electron chi connectivity index (χ2n) is 7.35. The van der Waals surface area contributed by atoms with Crippen LogP contribution < -0.4 is 0 Å². The zero-order valence-corrected chi connectivity index (χ0v) is 17.4. The number of carbonyl (C=O) groups is 1. The molecule has 1 fully saturated rings. The van der Waals surface area contributed by atoms with Crippen molar-refractivity contribution in [1.82, 2.24) is 4.90 Å². The summed E-state index contributed by atoms with van der Waals surface area (Å²) in [7, 11) is 0.881. The van der Waals surface area contributed by atoms with Gasteiger partial charge in [-0.25, -0.2) is 0 Å². The molecule has 5 nitrogen and oxygen atoms in total. The Labute approximate surface area is 185 Å². The van der Waals surface area contributed by atoms with E-state index in [4.69, 9.17) is 9.47 Å². The summed E-state index contributed by atoms with van der Waals surface area (Å²) in [5.41, 5.74) is -3.52. The Balaban J connectivity index is 2.18. The molecule has 0 bridgehead atoms. The highest BCUT2D eigenvalue weighted by Gasteiger charge is 2.71. The second kappa shape index (κ2) is 9.70. The molecule has 1 heterocycles. The number of hydrogen-bond acceptors (Lipinski definition) is 5. The molecule has 1 saturated heterocycles. The summed E-state index contributed by atoms with van der Waals surface area (Å²) in [5, 5.41) is 0. The van der Waals surface area contributed by atoms with Gasteiger partial charge in [0.2, 0.25) is 0 Å². The molecule has 2 aromatic carbocycles. The maximum Gasteiger partial charge on any atom is 0.416 e. The van der Waals surface area contributed by atoms with Crippen LogP contribution in [0, 0.1) is 0 Å². The maximum atomic E-state index is 14.9. The zero-order chi connectivity index (χ0) is 24.3. The van der Waals surface area contributed by atoms with Gasteiger partial charge in [-0.05, 0) is 11.1 Å². The number of rotatable bonds is 6. The molecule has 3 atom stereocenters. The summed E-state index contributed by atoms with van der Waals surface area (Å²) < 4.78 is 101. The van der Waals surface area contributed by atoms with Gasteiger partial charge in [-0.1, -0.05) is 60.7 Å². The second-order valence-corrected chi connectivity index (χ2v) is 7.35. The first-order valence-corrected chi connectivity index (χ1v) is 9.81. The fourth-order valence-electron chi connectivity index (χ4n) is 3.85. The smallest absolute Gasteiger partial charge is 0.416 e. The van der Waals surface area contributed by atoms with Crippen LogP contribution in [0.4, 0.5) is 26.3 Å². The largest absolute Gasteiger partial charge is 0.468 e. The number of halogens is 6. The van der Waals surface area contributed by atoms with E-state index in [9.17, 15) is 31.1 Å². The van der Waals surface area contributed by atoms with Crippen LogP contribution in [-0.2, 0) is 31.2 Å². The Kier molecular flexibility index (Phi) is 7.35. The van der Waals surface area contributed by atoms with E-state index >= 15 is 0 Å². The summed E-state index contributed by atoms with van der Waals surface area (Å²) in [6.07, 6.45) is -12.7. The van der Waals surface area contributed by atoms with E-state index in [1.807, 2.05) is 0 Å². The Morgan fingerprint density at radius 3 is 2.12 bits per heavy atom. The van der Waals surface area contributed by atoms with Crippen molar-refractivity contribution in [3.63, 3.8) is 0 Å². The maximum absolute atomic E-state index is 14.9. The number of carbonyl (C=O) groups excluding carboxylic acids is 1. The van der Waals surface area contributed by atoms with Gasteiger partial charge in [0.05, 0.1) is 26.9 Å². The molecule has 2 aromatic rings. The van der Waals surface area contributed by atoms with Gasteiger partial charge >= 0.3 is 18.3 Å². The minimum absolute atomic E-state index is 0.0350. The topological polar surface area (TPSA) is 48.0 Å². The highest BCUT2D eigenvalue weighted by atomic mass is 19.4. The van der Waals surface area contributed by atoms with E-state index < -0.39 is 54.9 Å². The van der Waals surface area contributed by atoms with Crippen molar-refractivity contribution in [3.8, 4) is 0 Å². The average molecular weight is 477 g/mol. The molecule has 0 spiro atoms. The van der Waals surface area contributed by atoms with Crippen LogP contribution in [0.25, 0.3) is 0 Å². The molecule has 0 N–H and O–H groups in total. The molecular formula is C22H21F6NO4. The lowest BCUT2D eigenvalue weighted by Crippen LogP contribution is -2.73. The molecule has 0 radical (unpaired) electrons. The van der Waals surface area contributed by atoms with Gasteiger partial charge in [-0.2, -0.15) is 26.3 Å². The van der Waals surface area contributed by atoms with Crippen molar-refractivity contribution in [2.75, 3.05) is 20.3 Å². The van der Waals surface area contributed by atoms with E-state index in [0.29, 0.717) is 5.56 Å². The molecule has 0 aliphatic carbocycles. The molecule has 3 unspecified atom stereocenters. The standard InChI is InChI=1S/C22H21F6NO4/c1-31-18(30)12-29-17(21(23,24)25)14-33-19(32-13-15-8-4-2-5-9-15)20(29,22(26,27)28)16-10-6-3-7-11-16/h2-11,17,19H,12-14H2,1H3. The van der Waals surface area contributed by atoms with Crippen LogP contribution in [0.2, 0.25) is 0 Å². The van der Waals surface area contributed by atoms with Crippen LogP contribution in [0.5, 0.6) is 0 Å². The third-order valence-electron chi connectivity index (χ3n) is 5.37. The van der Waals surface area contributed by atoms with Gasteiger partial charge in [0.1, 0.15) is 6.04 Å². The summed E-state index contributed by atoms with van der Waals surface area (Å²) in [4.78, 5) is 12.0. The summed E-state index contributed by atoms with van der Waals surface area (Å²) in [6, 6.07) is 11.4. The van der Waals surface area contributed by atoms with Gasteiger partial charge in [0.15, 0.2) is 11.8 Å². The Morgan fingerprint density at radius 1 is 1.03 bits per heavy atom. The summed E-state index contributed by atoms with van der Waals surface area (Å²) in [6.45, 7) is -2.81. The van der Waals surface area contributed by atoms with E-state index in [0.717, 1.165) is 19.2 Å². The van der Waals surface area contributed by atoms with Gasteiger partial charge < -0.3 is 14.2 Å². The van der Waals surface area contributed by atoms with Gasteiger partial charge in [0, 0.05) is 0 Å². The lowest BCUT2D eigenvalue weighted by atomic mass is 9.83. The van der Waals surface area contributed by atoms with Gasteiger partial charge in [0.25, 0.3) is 0 Å². The predicted octanol–water partition coefficient (Wildman–Crippen LogP) is 4.42. The number of hydrogen-bond donors (Lipinski definition) is 0. The minimum atomic E-state index is -5.34. The Hall–Kier alpha value is -2.63. The van der Waals surface area contributed by atoms with E-state index in [2.05, 4.69) is 4.74 Å². The van der Waals surface area contributed by atoms with E-state index in [-0.39, 0.29) is 11.5 Å². The fraction of sp³-hybridized carbons (Fsp3) is 0.409. The Bertz CT molecular complexity index is 922. The highest BCUT2D eigenvalue weighted by molar-refractivity contribution is 5.71. The lowest BCUT2D eigenvalue weighted by molar-refractivity contribution is -0.379. The van der Waals surface area contributed by atoms with Crippen molar-refractivity contribution in [2.45, 2.75) is 36.8 Å². The zero-order valence-electron chi connectivity index (χ0n) is 17.4. The van der Waals surface area contributed by atoms with Crippen molar-refractivity contribution >= 4 is 5.97 Å². The SMILES string of the molecule is COC(=O)CN1C(C(F)(F)F)COC(OCc2ccccc2)C1(c1ccccc1)C(F)(F)F. The highest BCUT2D eigenvalue weighted by Crippen LogP contribution is 2.52. The number of alkyl halides is 6. The van der Waals surface area contributed by atoms with Crippen LogP contribution >= 0.6 is 0 Å². The van der Waals surface area contributed by atoms with Gasteiger partial charge in [-0.15, -0.1) is 0 Å². The van der Waals surface area contributed by atoms with Crippen molar-refractivity contribution in [3.05, 3.63) is 71.8 Å². The predicted molar refractivity (Wildman–Crippen MR) is 104 cm³/mol. The molecule has 33 heavy (non-hydrogen) atoms. The quantitative estimate of drug-likeness (QED) is 0.456. The third-order valence-corrected chi connectivity index (χ3v) is 5.37. The van der Waals surface area contributed by atoms with Crippen LogP contribution in [0.15, 0.2) is 60.7 Å². The van der Waals surface area contributed by atoms with Gasteiger partial charge in [-0.3, -0.25) is 9.69 Å². The first kappa shape index (κ1) is 25.0. The van der Waals surface area contributed by atoms with Crippen molar-refractivity contribution < 1.29 is 45.3 Å². The molecule has 11 heteroatoms. The minimum Gasteiger partial charge on any atom is -0.468 e. The molecular weight excluding hydrogens is 456 g/mol. The Morgan fingerprint density at radius 2 is 1.61 bits per heavy atom. The number of nitrogens with zero attached hydrogens (tertiary/aromatic N) is 1. The number of ether oxygens (including phenoxy) is 3. The van der Waals surface area contributed by atoms with Crippen molar-refractivity contribution in [2.24, 2.45) is 0 Å². The van der Waals surface area contributed by atoms with Crippen LogP contribution in [0.1, 0.15) is 11.1 Å². The summed E-state index contributed by atoms with van der Waals surface area (Å²) >= 11 is 0. The normalized spacial score (nSPS) is 24.5. The monoisotopic (exact) mass is 477 g/mol. The molecule has 0 saturated carbocycles. The number of methoxy groups -OCH3 is 1. The lowest BCUT2D eigenvalue weighted by Gasteiger charge is -2.54. The fourth-order valence-corrected chi connectivity index (χ4v) is 3.85. The molecule has 1 aliphatic heterocycles. The summed E-state index contributed by atoms with van der Waals surface area (Å²) in [5.74, 6) is -1.27. The molecule has 3 rings (SSSR count).